The number of fused-ring (bicyclic) bond motifs is 4. The van der Waals surface area contributed by atoms with E-state index in [1.54, 1.807) is 58.0 Å². The molecular weight excluding hydrogens is 652 g/mol. The topological polar surface area (TPSA) is 178 Å². The van der Waals surface area contributed by atoms with Gasteiger partial charge in [0, 0.05) is 64.2 Å². The average Bonchev–Trinajstić information content (AvgIpc) is 3.34. The third-order valence-corrected chi connectivity index (χ3v) is 11.9. The van der Waals surface area contributed by atoms with Gasteiger partial charge in [-0.05, 0) is 37.8 Å². The van der Waals surface area contributed by atoms with Gasteiger partial charge in [-0.3, -0.25) is 24.0 Å². The first-order valence-electron chi connectivity index (χ1n) is 17.0. The monoisotopic (exact) mass is 700 g/mol. The highest BCUT2D eigenvalue weighted by molar-refractivity contribution is 5.89. The van der Waals surface area contributed by atoms with Gasteiger partial charge in [0.1, 0.15) is 35.6 Å². The number of aliphatic hydroxyl groups is 1. The van der Waals surface area contributed by atoms with Gasteiger partial charge in [0.25, 0.3) is 0 Å². The van der Waals surface area contributed by atoms with Crippen LogP contribution in [0.2, 0.25) is 0 Å². The molecular formula is C37H48O13. The minimum absolute atomic E-state index is 0.0202. The number of carbonyl (C=O) groups excluding carboxylic acids is 6. The van der Waals surface area contributed by atoms with Crippen LogP contribution in [0, 0.1) is 28.6 Å². The summed E-state index contributed by atoms with van der Waals surface area (Å²) < 4.78 is 36.6. The molecule has 0 amide bonds. The first-order chi connectivity index (χ1) is 23.1. The van der Waals surface area contributed by atoms with Gasteiger partial charge >= 0.3 is 35.8 Å². The van der Waals surface area contributed by atoms with Crippen molar-refractivity contribution in [2.75, 3.05) is 0 Å². The number of benzene rings is 1. The zero-order valence-electron chi connectivity index (χ0n) is 30.1. The minimum Gasteiger partial charge on any atom is -0.461 e. The molecule has 1 N–H and O–H groups in total. The van der Waals surface area contributed by atoms with E-state index in [1.807, 2.05) is 0 Å². The predicted octanol–water partition coefficient (Wildman–Crippen LogP) is 3.86. The van der Waals surface area contributed by atoms with Crippen molar-refractivity contribution in [3.8, 4) is 0 Å². The molecule has 4 saturated carbocycles. The zero-order valence-corrected chi connectivity index (χ0v) is 30.1. The molecule has 0 spiro atoms. The maximum absolute atomic E-state index is 13.5. The lowest BCUT2D eigenvalue weighted by Gasteiger charge is -2.63. The number of carbonyl (C=O) groups is 6. The smallest absolute Gasteiger partial charge is 0.338 e. The standard InChI is InChI=1S/C37H48O13/c1-19-15-36(44)28(29(19)48-31(43)25-13-11-10-12-14-25)30(46-21(3)39)34(8)18-37(50-24(6)42)26(35(34,9)32(36)47-22(4)40)16-33(7,49-23(5)41)17-27(37)45-20(2)38/h10-14,19,26-30,32,44H,15-18H2,1-9H3/t19?,26-,27?,28-,29?,30?,32?,33+,34-,35+,36+,37-/m0/s1. The molecule has 274 valence electrons. The predicted molar refractivity (Wildman–Crippen MR) is 173 cm³/mol. The molecule has 4 aliphatic rings. The van der Waals surface area contributed by atoms with Gasteiger partial charge in [-0.15, -0.1) is 0 Å². The first kappa shape index (κ1) is 37.3. The van der Waals surface area contributed by atoms with Crippen molar-refractivity contribution in [3.05, 3.63) is 35.9 Å². The van der Waals surface area contributed by atoms with Crippen molar-refractivity contribution >= 4 is 35.8 Å². The van der Waals surface area contributed by atoms with Crippen molar-refractivity contribution < 1.29 is 62.3 Å². The Morgan fingerprint density at radius 1 is 0.720 bits per heavy atom. The van der Waals surface area contributed by atoms with Crippen LogP contribution in [-0.2, 0) is 52.4 Å². The van der Waals surface area contributed by atoms with Gasteiger partial charge in [0.2, 0.25) is 0 Å². The third kappa shape index (κ3) is 5.84. The second-order valence-electron chi connectivity index (χ2n) is 15.5. The molecule has 0 saturated heterocycles. The van der Waals surface area contributed by atoms with Crippen LogP contribution in [-0.4, -0.2) is 82.1 Å². The Hall–Kier alpha value is -4.00. The highest BCUT2D eigenvalue weighted by atomic mass is 16.6. The summed E-state index contributed by atoms with van der Waals surface area (Å²) in [6, 6.07) is 8.32. The van der Waals surface area contributed by atoms with E-state index in [0.29, 0.717) is 0 Å². The van der Waals surface area contributed by atoms with E-state index >= 15 is 0 Å². The summed E-state index contributed by atoms with van der Waals surface area (Å²) in [7, 11) is 0. The summed E-state index contributed by atoms with van der Waals surface area (Å²) in [5, 5.41) is 13.1. The van der Waals surface area contributed by atoms with Crippen LogP contribution in [0.5, 0.6) is 0 Å². The highest BCUT2D eigenvalue weighted by Gasteiger charge is 2.85. The lowest BCUT2D eigenvalue weighted by molar-refractivity contribution is -0.290. The Morgan fingerprint density at radius 2 is 1.30 bits per heavy atom. The molecule has 0 bridgehead atoms. The Labute approximate surface area is 291 Å². The van der Waals surface area contributed by atoms with E-state index < -0.39 is 106 Å². The fourth-order valence-corrected chi connectivity index (χ4v) is 10.5. The fraction of sp³-hybridized carbons (Fsp3) is 0.676. The molecule has 4 aliphatic carbocycles. The van der Waals surface area contributed by atoms with E-state index in [-0.39, 0.29) is 31.2 Å². The number of hydrogen-bond donors (Lipinski definition) is 1. The molecule has 1 aromatic carbocycles. The quantitative estimate of drug-likeness (QED) is 0.321. The summed E-state index contributed by atoms with van der Waals surface area (Å²) in [5.41, 5.74) is -7.26. The number of hydrogen-bond acceptors (Lipinski definition) is 13. The molecule has 13 heteroatoms. The van der Waals surface area contributed by atoms with Crippen molar-refractivity contribution in [1.29, 1.82) is 0 Å². The summed E-state index contributed by atoms with van der Waals surface area (Å²) >= 11 is 0. The van der Waals surface area contributed by atoms with E-state index in [0.717, 1.165) is 0 Å². The normalized spacial score (nSPS) is 41.4. The molecule has 0 heterocycles. The van der Waals surface area contributed by atoms with Crippen LogP contribution in [0.1, 0.15) is 98.4 Å². The van der Waals surface area contributed by atoms with Gasteiger partial charge in [-0.2, -0.15) is 0 Å². The zero-order chi connectivity index (χ0) is 37.2. The molecule has 12 atom stereocenters. The molecule has 13 nitrogen and oxygen atoms in total. The highest BCUT2D eigenvalue weighted by Crippen LogP contribution is 2.76. The molecule has 0 radical (unpaired) electrons. The number of ether oxygens (including phenoxy) is 6. The Balaban J connectivity index is 1.78. The number of esters is 6. The number of rotatable bonds is 7. The summed E-state index contributed by atoms with van der Waals surface area (Å²) in [6.07, 6.45) is -4.83. The SMILES string of the molecule is CC(=O)OC1[C@@H]2C(OC(=O)c3ccccc3)C(C)C[C@]2(O)C(OC(C)=O)[C@@]2(C)[C@@H]3C[C@@](C)(OC(C)=O)CC(OC(C)=O)[C@]3(OC(C)=O)C[C@@]12C. The van der Waals surface area contributed by atoms with Crippen molar-refractivity contribution in [2.24, 2.45) is 28.6 Å². The minimum atomic E-state index is -1.94. The van der Waals surface area contributed by atoms with Gasteiger partial charge in [-0.25, -0.2) is 4.79 Å². The van der Waals surface area contributed by atoms with Crippen LogP contribution in [0.25, 0.3) is 0 Å². The van der Waals surface area contributed by atoms with E-state index in [2.05, 4.69) is 0 Å². The summed E-state index contributed by atoms with van der Waals surface area (Å²) in [5.74, 6) is -6.52. The maximum Gasteiger partial charge on any atom is 0.338 e. The molecule has 50 heavy (non-hydrogen) atoms. The Morgan fingerprint density at radius 3 is 1.84 bits per heavy atom. The van der Waals surface area contributed by atoms with Crippen molar-refractivity contribution in [2.45, 2.75) is 129 Å². The summed E-state index contributed by atoms with van der Waals surface area (Å²) in [4.78, 5) is 77.7. The lowest BCUT2D eigenvalue weighted by atomic mass is 9.46. The van der Waals surface area contributed by atoms with E-state index in [4.69, 9.17) is 28.4 Å². The van der Waals surface area contributed by atoms with Crippen LogP contribution in [0.3, 0.4) is 0 Å². The lowest BCUT2D eigenvalue weighted by Crippen LogP contribution is -2.73. The molecule has 0 aliphatic heterocycles. The van der Waals surface area contributed by atoms with E-state index in [1.165, 1.54) is 34.6 Å². The van der Waals surface area contributed by atoms with Crippen molar-refractivity contribution in [1.82, 2.24) is 0 Å². The van der Waals surface area contributed by atoms with Gasteiger partial charge in [0.05, 0.1) is 11.5 Å². The Kier molecular flexibility index (Phi) is 9.42. The largest absolute Gasteiger partial charge is 0.461 e. The molecule has 4 fully saturated rings. The average molecular weight is 701 g/mol. The third-order valence-electron chi connectivity index (χ3n) is 11.9. The molecule has 5 unspecified atom stereocenters. The first-order valence-corrected chi connectivity index (χ1v) is 17.0. The van der Waals surface area contributed by atoms with Crippen LogP contribution in [0.4, 0.5) is 0 Å². The van der Waals surface area contributed by atoms with Crippen LogP contribution < -0.4 is 0 Å². The van der Waals surface area contributed by atoms with Crippen molar-refractivity contribution in [3.63, 3.8) is 0 Å². The second-order valence-corrected chi connectivity index (χ2v) is 15.5. The molecule has 0 aromatic heterocycles. The van der Waals surface area contributed by atoms with Gasteiger partial charge in [0.15, 0.2) is 5.60 Å². The van der Waals surface area contributed by atoms with Crippen LogP contribution >= 0.6 is 0 Å². The van der Waals surface area contributed by atoms with Crippen LogP contribution in [0.15, 0.2) is 30.3 Å². The molecule has 1 aromatic rings. The molecule has 5 rings (SSSR count). The Bertz CT molecular complexity index is 1580. The van der Waals surface area contributed by atoms with Gasteiger partial charge in [-0.1, -0.05) is 39.0 Å². The summed E-state index contributed by atoms with van der Waals surface area (Å²) in [6.45, 7) is 13.2. The maximum atomic E-state index is 13.5. The van der Waals surface area contributed by atoms with Gasteiger partial charge < -0.3 is 33.5 Å². The fourth-order valence-electron chi connectivity index (χ4n) is 10.5. The van der Waals surface area contributed by atoms with E-state index in [9.17, 15) is 33.9 Å². The second kappa shape index (κ2) is 12.6.